The first-order valence-corrected chi connectivity index (χ1v) is 5.95. The molecule has 0 heterocycles. The van der Waals surface area contributed by atoms with Gasteiger partial charge in [0.25, 0.3) is 0 Å². The zero-order valence-corrected chi connectivity index (χ0v) is 10.7. The highest BCUT2D eigenvalue weighted by molar-refractivity contribution is 9.10. The molecule has 0 spiro atoms. The molecule has 1 fully saturated rings. The lowest BCUT2D eigenvalue weighted by Crippen LogP contribution is -2.41. The van der Waals surface area contributed by atoms with Crippen molar-refractivity contribution in [3.8, 4) is 0 Å². The van der Waals surface area contributed by atoms with Gasteiger partial charge in [0.05, 0.1) is 5.60 Å². The molecule has 2 rings (SSSR count). The summed E-state index contributed by atoms with van der Waals surface area (Å²) in [4.78, 5) is 5.14. The summed E-state index contributed by atoms with van der Waals surface area (Å²) < 4.78 is 1.11. The molecule has 0 unspecified atom stereocenters. The standard InChI is InChI=1S/C12H16BrNO/c1-11(2,15-14)12(7-8-12)9-3-5-10(13)6-4-9/h3-6H,7-8,14H2,1-2H3. The monoisotopic (exact) mass is 269 g/mol. The molecular formula is C12H16BrNO. The van der Waals surface area contributed by atoms with Crippen molar-refractivity contribution < 1.29 is 4.84 Å². The number of hydrogen-bond donors (Lipinski definition) is 1. The summed E-state index contributed by atoms with van der Waals surface area (Å²) >= 11 is 3.44. The van der Waals surface area contributed by atoms with Crippen molar-refractivity contribution in [2.75, 3.05) is 0 Å². The normalized spacial score (nSPS) is 18.9. The molecule has 1 aliphatic rings. The predicted octanol–water partition coefficient (Wildman–Crippen LogP) is 3.15. The van der Waals surface area contributed by atoms with E-state index in [4.69, 9.17) is 10.7 Å². The first kappa shape index (κ1) is 11.1. The minimum absolute atomic E-state index is 0.114. The van der Waals surface area contributed by atoms with E-state index < -0.39 is 0 Å². The Balaban J connectivity index is 2.34. The number of benzene rings is 1. The third-order valence-electron chi connectivity index (χ3n) is 3.59. The molecule has 1 aromatic carbocycles. The second-order valence-corrected chi connectivity index (χ2v) is 5.63. The Morgan fingerprint density at radius 2 is 1.80 bits per heavy atom. The highest BCUT2D eigenvalue weighted by atomic mass is 79.9. The summed E-state index contributed by atoms with van der Waals surface area (Å²) in [7, 11) is 0. The molecular weight excluding hydrogens is 254 g/mol. The maximum absolute atomic E-state index is 5.39. The van der Waals surface area contributed by atoms with Crippen LogP contribution >= 0.6 is 15.9 Å². The molecule has 0 amide bonds. The van der Waals surface area contributed by atoms with E-state index in [0.29, 0.717) is 0 Å². The van der Waals surface area contributed by atoms with Crippen molar-refractivity contribution in [2.45, 2.75) is 37.7 Å². The highest BCUT2D eigenvalue weighted by Crippen LogP contribution is 2.56. The molecule has 0 aromatic heterocycles. The van der Waals surface area contributed by atoms with E-state index in [2.05, 4.69) is 54.0 Å². The van der Waals surface area contributed by atoms with Crippen LogP contribution in [0.4, 0.5) is 0 Å². The highest BCUT2D eigenvalue weighted by Gasteiger charge is 2.56. The van der Waals surface area contributed by atoms with Gasteiger partial charge in [-0.3, -0.25) is 4.84 Å². The van der Waals surface area contributed by atoms with Gasteiger partial charge in [0.15, 0.2) is 0 Å². The van der Waals surface area contributed by atoms with Crippen molar-refractivity contribution in [3.05, 3.63) is 34.3 Å². The smallest absolute Gasteiger partial charge is 0.0933 e. The SMILES string of the molecule is CC(C)(ON)C1(c2ccc(Br)cc2)CC1. The number of rotatable bonds is 3. The van der Waals surface area contributed by atoms with E-state index in [-0.39, 0.29) is 11.0 Å². The number of hydrogen-bond acceptors (Lipinski definition) is 2. The van der Waals surface area contributed by atoms with Crippen LogP contribution in [0.1, 0.15) is 32.3 Å². The first-order valence-electron chi connectivity index (χ1n) is 5.16. The fourth-order valence-electron chi connectivity index (χ4n) is 2.25. The van der Waals surface area contributed by atoms with Gasteiger partial charge in [0.2, 0.25) is 0 Å². The van der Waals surface area contributed by atoms with Crippen LogP contribution < -0.4 is 5.90 Å². The quantitative estimate of drug-likeness (QED) is 0.856. The largest absolute Gasteiger partial charge is 0.298 e. The van der Waals surface area contributed by atoms with Gasteiger partial charge >= 0.3 is 0 Å². The minimum atomic E-state index is -0.291. The Morgan fingerprint density at radius 3 is 2.20 bits per heavy atom. The van der Waals surface area contributed by atoms with Crippen LogP contribution in [0.3, 0.4) is 0 Å². The van der Waals surface area contributed by atoms with Gasteiger partial charge in [-0.05, 0) is 44.4 Å². The fourth-order valence-corrected chi connectivity index (χ4v) is 2.51. The van der Waals surface area contributed by atoms with E-state index in [1.165, 1.54) is 5.56 Å². The molecule has 2 nitrogen and oxygen atoms in total. The summed E-state index contributed by atoms with van der Waals surface area (Å²) in [6.45, 7) is 4.12. The van der Waals surface area contributed by atoms with Gasteiger partial charge in [-0.1, -0.05) is 28.1 Å². The van der Waals surface area contributed by atoms with Crippen LogP contribution in [0.15, 0.2) is 28.7 Å². The Labute approximate surface area is 98.9 Å². The summed E-state index contributed by atoms with van der Waals surface area (Å²) in [6, 6.07) is 8.44. The fraction of sp³-hybridized carbons (Fsp3) is 0.500. The maximum Gasteiger partial charge on any atom is 0.0933 e. The summed E-state index contributed by atoms with van der Waals surface area (Å²) in [5, 5.41) is 0. The van der Waals surface area contributed by atoms with E-state index >= 15 is 0 Å². The van der Waals surface area contributed by atoms with Crippen LogP contribution in [-0.4, -0.2) is 5.60 Å². The lowest BCUT2D eigenvalue weighted by atomic mass is 9.81. The Bertz CT molecular complexity index is 354. The molecule has 0 aliphatic heterocycles. The molecule has 3 heteroatoms. The Hall–Kier alpha value is -0.380. The van der Waals surface area contributed by atoms with Crippen molar-refractivity contribution in [2.24, 2.45) is 5.90 Å². The van der Waals surface area contributed by atoms with Crippen LogP contribution in [0.25, 0.3) is 0 Å². The molecule has 1 saturated carbocycles. The molecule has 0 atom stereocenters. The first-order chi connectivity index (χ1) is 7.02. The Kier molecular flexibility index (Phi) is 2.65. The third kappa shape index (κ3) is 1.73. The minimum Gasteiger partial charge on any atom is -0.298 e. The summed E-state index contributed by atoms with van der Waals surface area (Å²) in [6.07, 6.45) is 2.30. The molecule has 15 heavy (non-hydrogen) atoms. The van der Waals surface area contributed by atoms with Gasteiger partial charge in [-0.2, -0.15) is 0 Å². The Morgan fingerprint density at radius 1 is 1.27 bits per heavy atom. The molecule has 0 bridgehead atoms. The average Bonchev–Trinajstić information content (AvgIpc) is 3.00. The van der Waals surface area contributed by atoms with Gasteiger partial charge in [-0.15, -0.1) is 0 Å². The topological polar surface area (TPSA) is 35.2 Å². The van der Waals surface area contributed by atoms with Crippen molar-refractivity contribution in [3.63, 3.8) is 0 Å². The van der Waals surface area contributed by atoms with E-state index in [9.17, 15) is 0 Å². The lowest BCUT2D eigenvalue weighted by Gasteiger charge is -2.33. The van der Waals surface area contributed by atoms with E-state index in [0.717, 1.165) is 17.3 Å². The second-order valence-electron chi connectivity index (χ2n) is 4.72. The maximum atomic E-state index is 5.39. The molecule has 2 N–H and O–H groups in total. The van der Waals surface area contributed by atoms with Crippen LogP contribution in [0.2, 0.25) is 0 Å². The number of nitrogens with two attached hydrogens (primary N) is 1. The van der Waals surface area contributed by atoms with Gasteiger partial charge in [0, 0.05) is 9.89 Å². The lowest BCUT2D eigenvalue weighted by molar-refractivity contribution is -0.0488. The van der Waals surface area contributed by atoms with Crippen molar-refractivity contribution >= 4 is 15.9 Å². The van der Waals surface area contributed by atoms with Gasteiger partial charge in [-0.25, -0.2) is 5.90 Å². The predicted molar refractivity (Wildman–Crippen MR) is 64.4 cm³/mol. The van der Waals surface area contributed by atoms with Crippen LogP contribution in [0, 0.1) is 0 Å². The van der Waals surface area contributed by atoms with Gasteiger partial charge in [0.1, 0.15) is 0 Å². The second kappa shape index (κ2) is 3.58. The molecule has 0 radical (unpaired) electrons. The van der Waals surface area contributed by atoms with Crippen LogP contribution in [0.5, 0.6) is 0 Å². The molecule has 0 saturated heterocycles. The molecule has 1 aliphatic carbocycles. The number of halogens is 1. The van der Waals surface area contributed by atoms with Crippen molar-refractivity contribution in [1.82, 2.24) is 0 Å². The third-order valence-corrected chi connectivity index (χ3v) is 4.12. The summed E-state index contributed by atoms with van der Waals surface area (Å²) in [5.74, 6) is 5.39. The molecule has 82 valence electrons. The summed E-state index contributed by atoms with van der Waals surface area (Å²) in [5.41, 5.74) is 1.14. The van der Waals surface area contributed by atoms with Crippen LogP contribution in [-0.2, 0) is 10.3 Å². The van der Waals surface area contributed by atoms with Gasteiger partial charge < -0.3 is 0 Å². The molecule has 1 aromatic rings. The van der Waals surface area contributed by atoms with Crippen molar-refractivity contribution in [1.29, 1.82) is 0 Å². The van der Waals surface area contributed by atoms with E-state index in [1.807, 2.05) is 0 Å². The van der Waals surface area contributed by atoms with E-state index in [1.54, 1.807) is 0 Å². The average molecular weight is 270 g/mol. The zero-order chi connectivity index (χ0) is 11.1. The zero-order valence-electron chi connectivity index (χ0n) is 9.09.